The molecule has 2 atom stereocenters. The van der Waals surface area contributed by atoms with Crippen LogP contribution in [0.15, 0.2) is 60.2 Å². The number of hydrogen-bond acceptors (Lipinski definition) is 8. The van der Waals surface area contributed by atoms with Gasteiger partial charge in [-0.15, -0.1) is 0 Å². The van der Waals surface area contributed by atoms with Crippen LogP contribution < -0.4 is 19.1 Å². The summed E-state index contributed by atoms with van der Waals surface area (Å²) in [6.07, 6.45) is 3.73. The number of aliphatic hydroxyl groups excluding tert-OH is 1. The smallest absolute Gasteiger partial charge is 0.301 e. The molecular weight excluding hydrogens is 588 g/mol. The molecule has 43 heavy (non-hydrogen) atoms. The van der Waals surface area contributed by atoms with Crippen LogP contribution in [0.25, 0.3) is 16.0 Å². The van der Waals surface area contributed by atoms with E-state index < -0.39 is 17.7 Å². The van der Waals surface area contributed by atoms with Crippen LogP contribution in [0.5, 0.6) is 17.2 Å². The maximum absolute atomic E-state index is 13.7. The highest BCUT2D eigenvalue weighted by molar-refractivity contribution is 7.22. The van der Waals surface area contributed by atoms with Crippen LogP contribution in [0.4, 0.5) is 5.13 Å². The summed E-state index contributed by atoms with van der Waals surface area (Å²) in [4.78, 5) is 33.5. The van der Waals surface area contributed by atoms with E-state index in [1.165, 1.54) is 16.2 Å². The van der Waals surface area contributed by atoms with Gasteiger partial charge >= 0.3 is 5.91 Å². The quantitative estimate of drug-likeness (QED) is 0.0899. The van der Waals surface area contributed by atoms with E-state index >= 15 is 0 Å². The number of ether oxygens (including phenoxy) is 3. The molecule has 0 bridgehead atoms. The van der Waals surface area contributed by atoms with Gasteiger partial charge in [0.05, 0.1) is 35.5 Å². The Balaban J connectivity index is 1.48. The van der Waals surface area contributed by atoms with Gasteiger partial charge in [-0.05, 0) is 73.0 Å². The van der Waals surface area contributed by atoms with Crippen LogP contribution in [0.2, 0.25) is 5.02 Å². The molecule has 10 heteroatoms. The second kappa shape index (κ2) is 11.9. The highest BCUT2D eigenvalue weighted by atomic mass is 35.5. The summed E-state index contributed by atoms with van der Waals surface area (Å²) in [5.41, 5.74) is 2.53. The van der Waals surface area contributed by atoms with Gasteiger partial charge in [-0.2, -0.15) is 0 Å². The second-order valence-corrected chi connectivity index (χ2v) is 12.1. The number of benzene rings is 3. The van der Waals surface area contributed by atoms with Crippen molar-refractivity contribution in [1.29, 1.82) is 0 Å². The van der Waals surface area contributed by atoms with Crippen molar-refractivity contribution in [3.63, 3.8) is 0 Å². The molecule has 1 amide bonds. The minimum atomic E-state index is -0.970. The average molecular weight is 619 g/mol. The Hall–Kier alpha value is -4.08. The van der Waals surface area contributed by atoms with E-state index in [2.05, 4.69) is 11.9 Å². The van der Waals surface area contributed by atoms with Crippen LogP contribution >= 0.6 is 22.9 Å². The molecule has 222 valence electrons. The second-order valence-electron chi connectivity index (χ2n) is 10.7. The lowest BCUT2D eigenvalue weighted by Gasteiger charge is -2.24. The molecule has 0 aliphatic carbocycles. The molecule has 0 saturated carbocycles. The zero-order valence-electron chi connectivity index (χ0n) is 24.1. The number of unbranched alkanes of at least 4 members (excludes halogenated alkanes) is 2. The molecular formula is C33H31ClN2O6S. The Labute approximate surface area is 258 Å². The normalized spacial score (nSPS) is 19.1. The number of ketones is 1. The predicted molar refractivity (Wildman–Crippen MR) is 168 cm³/mol. The number of carbonyl (C=O) groups excluding carboxylic acids is 2. The maximum Gasteiger partial charge on any atom is 0.301 e. The number of aromatic nitrogens is 1. The molecule has 0 unspecified atom stereocenters. The molecule has 1 aromatic heterocycles. The third-order valence-corrected chi connectivity index (χ3v) is 8.92. The number of amides is 1. The van der Waals surface area contributed by atoms with E-state index in [1.807, 2.05) is 13.0 Å². The van der Waals surface area contributed by atoms with Crippen molar-refractivity contribution in [2.45, 2.75) is 51.7 Å². The van der Waals surface area contributed by atoms with Gasteiger partial charge in [0.1, 0.15) is 17.6 Å². The van der Waals surface area contributed by atoms with Crippen molar-refractivity contribution in [3.8, 4) is 17.2 Å². The van der Waals surface area contributed by atoms with E-state index in [1.54, 1.807) is 55.6 Å². The van der Waals surface area contributed by atoms with Crippen LogP contribution in [-0.2, 0) is 16.0 Å². The maximum atomic E-state index is 13.7. The molecule has 2 aliphatic heterocycles. The zero-order valence-corrected chi connectivity index (χ0v) is 25.6. The van der Waals surface area contributed by atoms with Crippen LogP contribution in [0.3, 0.4) is 0 Å². The number of anilines is 1. The summed E-state index contributed by atoms with van der Waals surface area (Å²) in [6.45, 7) is 4.64. The fourth-order valence-electron chi connectivity index (χ4n) is 5.57. The van der Waals surface area contributed by atoms with Crippen molar-refractivity contribution >= 4 is 55.7 Å². The third kappa shape index (κ3) is 5.43. The first kappa shape index (κ1) is 29.0. The van der Waals surface area contributed by atoms with Crippen molar-refractivity contribution in [3.05, 3.63) is 81.9 Å². The Bertz CT molecular complexity index is 1770. The van der Waals surface area contributed by atoms with E-state index in [-0.39, 0.29) is 17.4 Å². The molecule has 0 spiro atoms. The summed E-state index contributed by atoms with van der Waals surface area (Å²) in [6, 6.07) is 14.9. The molecule has 1 N–H and O–H groups in total. The van der Waals surface area contributed by atoms with Gasteiger partial charge in [-0.3, -0.25) is 14.5 Å². The van der Waals surface area contributed by atoms with Gasteiger partial charge < -0.3 is 19.3 Å². The zero-order chi connectivity index (χ0) is 30.2. The number of thiazole rings is 1. The summed E-state index contributed by atoms with van der Waals surface area (Å²) >= 11 is 7.47. The minimum Gasteiger partial charge on any atom is -0.507 e. The van der Waals surface area contributed by atoms with Crippen LogP contribution in [0.1, 0.15) is 55.8 Å². The number of Topliss-reactive ketones (excluding diaryl/α,β-unsaturated/α-hetero) is 1. The monoisotopic (exact) mass is 618 g/mol. The molecule has 1 saturated heterocycles. The van der Waals surface area contributed by atoms with Gasteiger partial charge in [0.15, 0.2) is 16.6 Å². The lowest BCUT2D eigenvalue weighted by Crippen LogP contribution is -2.29. The van der Waals surface area contributed by atoms with Crippen molar-refractivity contribution < 1.29 is 28.9 Å². The van der Waals surface area contributed by atoms with Gasteiger partial charge in [-0.25, -0.2) is 4.98 Å². The summed E-state index contributed by atoms with van der Waals surface area (Å²) < 4.78 is 18.2. The standard InChI is InChI=1S/C33H31ClN2O6S/c1-4-5-6-13-41-25-12-7-19(16-26(25)40-3)29-28(30(37)20-8-11-24-21(15-20)14-18(2)42-24)31(38)32(39)36(29)33-35-23-10-9-22(34)17-27(23)43-33/h7-12,15-18,29,37H,4-6,13-14H2,1-3H3/t18-,29-/m1/s1. The summed E-state index contributed by atoms with van der Waals surface area (Å²) in [7, 11) is 1.54. The molecule has 1 fully saturated rings. The first-order chi connectivity index (χ1) is 20.8. The highest BCUT2D eigenvalue weighted by Crippen LogP contribution is 2.46. The van der Waals surface area contributed by atoms with Gasteiger partial charge in [0.2, 0.25) is 0 Å². The van der Waals surface area contributed by atoms with E-state index in [9.17, 15) is 14.7 Å². The van der Waals surface area contributed by atoms with Crippen molar-refractivity contribution in [2.75, 3.05) is 18.6 Å². The predicted octanol–water partition coefficient (Wildman–Crippen LogP) is 7.48. The molecule has 4 aromatic rings. The number of carbonyl (C=O) groups is 2. The molecule has 3 heterocycles. The molecule has 6 rings (SSSR count). The van der Waals surface area contributed by atoms with E-state index in [4.69, 9.17) is 25.8 Å². The number of hydrogen-bond donors (Lipinski definition) is 1. The SMILES string of the molecule is CCCCCOc1ccc([C@@H]2C(=C(O)c3ccc4c(c3)C[C@@H](C)O4)C(=O)C(=O)N2c2nc3ccc(Cl)cc3s2)cc1OC. The number of nitrogens with zero attached hydrogens (tertiary/aromatic N) is 2. The van der Waals surface area contributed by atoms with E-state index in [0.717, 1.165) is 35.3 Å². The van der Waals surface area contributed by atoms with Crippen LogP contribution in [0, 0.1) is 0 Å². The Morgan fingerprint density at radius 1 is 1.12 bits per heavy atom. The first-order valence-electron chi connectivity index (χ1n) is 14.3. The minimum absolute atomic E-state index is 0.0145. The number of halogens is 1. The molecule has 0 radical (unpaired) electrons. The number of methoxy groups -OCH3 is 1. The lowest BCUT2D eigenvalue weighted by atomic mass is 9.94. The third-order valence-electron chi connectivity index (χ3n) is 7.67. The van der Waals surface area contributed by atoms with Gasteiger partial charge in [0, 0.05) is 17.0 Å². The molecule has 2 aliphatic rings. The van der Waals surface area contributed by atoms with Crippen molar-refractivity contribution in [1.82, 2.24) is 4.98 Å². The number of fused-ring (bicyclic) bond motifs is 2. The van der Waals surface area contributed by atoms with Crippen LogP contribution in [-0.4, -0.2) is 41.6 Å². The molecule has 3 aromatic carbocycles. The number of rotatable bonds is 9. The summed E-state index contributed by atoms with van der Waals surface area (Å²) in [5, 5.41) is 12.5. The van der Waals surface area contributed by atoms with Gasteiger partial charge in [0.25, 0.3) is 5.78 Å². The van der Waals surface area contributed by atoms with E-state index in [0.29, 0.717) is 51.3 Å². The highest BCUT2D eigenvalue weighted by Gasteiger charge is 2.48. The number of aliphatic hydroxyl groups is 1. The van der Waals surface area contributed by atoms with Gasteiger partial charge in [-0.1, -0.05) is 48.8 Å². The fraction of sp³-hybridized carbons (Fsp3) is 0.303. The first-order valence-corrected chi connectivity index (χ1v) is 15.5. The topological polar surface area (TPSA) is 98.2 Å². The Morgan fingerprint density at radius 3 is 2.74 bits per heavy atom. The summed E-state index contributed by atoms with van der Waals surface area (Å²) in [5.74, 6) is -0.0943. The lowest BCUT2D eigenvalue weighted by molar-refractivity contribution is -0.132. The van der Waals surface area contributed by atoms with Crippen molar-refractivity contribution in [2.24, 2.45) is 0 Å². The molecule has 8 nitrogen and oxygen atoms in total. The largest absolute Gasteiger partial charge is 0.507 e. The Morgan fingerprint density at radius 2 is 1.95 bits per heavy atom. The fourth-order valence-corrected chi connectivity index (χ4v) is 6.84. The Kier molecular flexibility index (Phi) is 8.03. The average Bonchev–Trinajstić information content (AvgIpc) is 3.66.